The van der Waals surface area contributed by atoms with E-state index in [1.807, 2.05) is 29.1 Å². The van der Waals surface area contributed by atoms with E-state index in [1.54, 1.807) is 6.20 Å². The zero-order valence-corrected chi connectivity index (χ0v) is 11.9. The Morgan fingerprint density at radius 1 is 1.38 bits per heavy atom. The summed E-state index contributed by atoms with van der Waals surface area (Å²) in [5.41, 5.74) is 2.00. The van der Waals surface area contributed by atoms with Gasteiger partial charge in [-0.1, -0.05) is 30.3 Å². The van der Waals surface area contributed by atoms with Gasteiger partial charge in [0.05, 0.1) is 11.9 Å². The van der Waals surface area contributed by atoms with Gasteiger partial charge in [0.1, 0.15) is 6.10 Å². The Kier molecular flexibility index (Phi) is 4.31. The average Bonchev–Trinajstić information content (AvgIpc) is 3.18. The topological polar surface area (TPSA) is 56.2 Å². The van der Waals surface area contributed by atoms with E-state index in [0.29, 0.717) is 6.61 Å². The second-order valence-corrected chi connectivity index (χ2v) is 5.22. The zero-order valence-electron chi connectivity index (χ0n) is 11.9. The second-order valence-electron chi connectivity index (χ2n) is 5.22. The van der Waals surface area contributed by atoms with Gasteiger partial charge in [-0.3, -0.25) is 9.48 Å². The summed E-state index contributed by atoms with van der Waals surface area (Å²) in [6.45, 7) is 1.47. The monoisotopic (exact) mass is 285 g/mol. The Morgan fingerprint density at radius 2 is 2.24 bits per heavy atom. The third kappa shape index (κ3) is 3.70. The molecule has 1 unspecified atom stereocenters. The molecule has 1 fully saturated rings. The van der Waals surface area contributed by atoms with Gasteiger partial charge in [0.25, 0.3) is 5.91 Å². The normalized spacial score (nSPS) is 17.8. The molecule has 1 N–H and O–H groups in total. The summed E-state index contributed by atoms with van der Waals surface area (Å²) in [6.07, 6.45) is 5.90. The van der Waals surface area contributed by atoms with Crippen molar-refractivity contribution in [3.8, 4) is 0 Å². The smallest absolute Gasteiger partial charge is 0.253 e. The van der Waals surface area contributed by atoms with Crippen molar-refractivity contribution in [3.63, 3.8) is 0 Å². The van der Waals surface area contributed by atoms with Gasteiger partial charge in [-0.15, -0.1) is 0 Å². The highest BCUT2D eigenvalue weighted by Crippen LogP contribution is 2.15. The lowest BCUT2D eigenvalue weighted by Gasteiger charge is -2.08. The van der Waals surface area contributed by atoms with E-state index in [2.05, 4.69) is 22.5 Å². The molecule has 1 aromatic heterocycles. The molecule has 5 nitrogen and oxygen atoms in total. The maximum absolute atomic E-state index is 11.9. The molecule has 0 radical (unpaired) electrons. The number of aromatic nitrogens is 2. The molecule has 1 aliphatic rings. The van der Waals surface area contributed by atoms with Crippen molar-refractivity contribution in [2.45, 2.75) is 31.9 Å². The minimum atomic E-state index is -0.308. The Hall–Kier alpha value is -2.14. The van der Waals surface area contributed by atoms with E-state index < -0.39 is 0 Å². The summed E-state index contributed by atoms with van der Waals surface area (Å²) in [5, 5.41) is 7.13. The first-order valence-corrected chi connectivity index (χ1v) is 7.30. The van der Waals surface area contributed by atoms with Crippen LogP contribution in [0.15, 0.2) is 42.7 Å². The predicted molar refractivity (Wildman–Crippen MR) is 80.0 cm³/mol. The molecular weight excluding hydrogens is 266 g/mol. The third-order valence-corrected chi connectivity index (χ3v) is 3.60. The lowest BCUT2D eigenvalue weighted by Crippen LogP contribution is -2.26. The number of nitrogens with one attached hydrogen (secondary N) is 1. The number of carbonyl (C=O) groups is 1. The molecule has 1 atom stereocenters. The van der Waals surface area contributed by atoms with Gasteiger partial charge in [-0.25, -0.2) is 0 Å². The number of nitrogens with zero attached hydrogens (tertiary/aromatic N) is 2. The highest BCUT2D eigenvalue weighted by atomic mass is 16.5. The van der Waals surface area contributed by atoms with Crippen molar-refractivity contribution in [2.24, 2.45) is 0 Å². The molecule has 0 bridgehead atoms. The second kappa shape index (κ2) is 6.54. The van der Waals surface area contributed by atoms with E-state index in [-0.39, 0.29) is 12.0 Å². The lowest BCUT2D eigenvalue weighted by atomic mass is 10.1. The van der Waals surface area contributed by atoms with Gasteiger partial charge in [-0.2, -0.15) is 5.10 Å². The van der Waals surface area contributed by atoms with Crippen LogP contribution >= 0.6 is 0 Å². The Bertz CT molecular complexity index is 589. The van der Waals surface area contributed by atoms with Crippen LogP contribution in [0.4, 0.5) is 5.69 Å². The number of hydrogen-bond donors (Lipinski definition) is 1. The first-order chi connectivity index (χ1) is 10.3. The number of hydrogen-bond acceptors (Lipinski definition) is 3. The maximum Gasteiger partial charge on any atom is 0.253 e. The quantitative estimate of drug-likeness (QED) is 0.916. The molecular formula is C16H19N3O2. The first kappa shape index (κ1) is 13.8. The van der Waals surface area contributed by atoms with E-state index >= 15 is 0 Å². The summed E-state index contributed by atoms with van der Waals surface area (Å²) in [7, 11) is 0. The molecule has 21 heavy (non-hydrogen) atoms. The van der Waals surface area contributed by atoms with E-state index in [4.69, 9.17) is 4.74 Å². The van der Waals surface area contributed by atoms with E-state index in [9.17, 15) is 4.79 Å². The molecule has 5 heteroatoms. The predicted octanol–water partition coefficient (Wildman–Crippen LogP) is 2.24. The fraction of sp³-hybridized carbons (Fsp3) is 0.375. The third-order valence-electron chi connectivity index (χ3n) is 3.60. The molecule has 0 saturated carbocycles. The molecule has 0 spiro atoms. The number of carbonyl (C=O) groups excluding carboxylic acids is 1. The lowest BCUT2D eigenvalue weighted by molar-refractivity contribution is -0.124. The van der Waals surface area contributed by atoms with Crippen LogP contribution in [0.1, 0.15) is 18.4 Å². The number of benzene rings is 1. The van der Waals surface area contributed by atoms with Crippen LogP contribution < -0.4 is 5.32 Å². The van der Waals surface area contributed by atoms with Crippen LogP contribution in [0.3, 0.4) is 0 Å². The van der Waals surface area contributed by atoms with Crippen molar-refractivity contribution in [2.75, 3.05) is 11.9 Å². The van der Waals surface area contributed by atoms with E-state index in [1.165, 1.54) is 5.56 Å². The van der Waals surface area contributed by atoms with Crippen LogP contribution in [-0.2, 0) is 22.5 Å². The number of aryl methyl sites for hydroxylation is 2. The van der Waals surface area contributed by atoms with Crippen LogP contribution in [-0.4, -0.2) is 28.4 Å². The average molecular weight is 285 g/mol. The van der Waals surface area contributed by atoms with Crippen molar-refractivity contribution in [1.29, 1.82) is 0 Å². The Balaban J connectivity index is 1.52. The van der Waals surface area contributed by atoms with Crippen LogP contribution in [0.5, 0.6) is 0 Å². The highest BCUT2D eigenvalue weighted by Gasteiger charge is 2.23. The summed E-state index contributed by atoms with van der Waals surface area (Å²) < 4.78 is 7.21. The van der Waals surface area contributed by atoms with Gasteiger partial charge >= 0.3 is 0 Å². The molecule has 3 rings (SSSR count). The minimum Gasteiger partial charge on any atom is -0.368 e. The molecule has 1 aliphatic heterocycles. The van der Waals surface area contributed by atoms with Gasteiger partial charge in [0, 0.05) is 19.3 Å². The molecule has 0 aliphatic carbocycles. The summed E-state index contributed by atoms with van der Waals surface area (Å²) in [6, 6.07) is 10.3. The van der Waals surface area contributed by atoms with Crippen LogP contribution in [0.2, 0.25) is 0 Å². The van der Waals surface area contributed by atoms with Gasteiger partial charge in [0.2, 0.25) is 0 Å². The molecule has 1 saturated heterocycles. The van der Waals surface area contributed by atoms with Gasteiger partial charge in [0.15, 0.2) is 0 Å². The molecule has 2 aromatic rings. The number of rotatable bonds is 5. The summed E-state index contributed by atoms with van der Waals surface area (Å²) in [4.78, 5) is 11.9. The highest BCUT2D eigenvalue weighted by molar-refractivity contribution is 5.94. The van der Waals surface area contributed by atoms with Crippen molar-refractivity contribution >= 4 is 11.6 Å². The van der Waals surface area contributed by atoms with Crippen molar-refractivity contribution < 1.29 is 9.53 Å². The largest absolute Gasteiger partial charge is 0.368 e. The zero-order chi connectivity index (χ0) is 14.5. The number of amides is 1. The molecule has 110 valence electrons. The molecule has 2 heterocycles. The standard InChI is InChI=1S/C16H19N3O2/c20-16(15-7-4-10-21-15)18-14-11-17-19(12-14)9-8-13-5-2-1-3-6-13/h1-3,5-6,11-12,15H,4,7-10H2,(H,18,20). The number of anilines is 1. The SMILES string of the molecule is O=C(Nc1cnn(CCc2ccccc2)c1)C1CCCO1. The summed E-state index contributed by atoms with van der Waals surface area (Å²) in [5.74, 6) is -0.0740. The van der Waals surface area contributed by atoms with Crippen molar-refractivity contribution in [1.82, 2.24) is 9.78 Å². The van der Waals surface area contributed by atoms with Gasteiger partial charge in [-0.05, 0) is 24.8 Å². The minimum absolute atomic E-state index is 0.0740. The first-order valence-electron chi connectivity index (χ1n) is 7.30. The maximum atomic E-state index is 11.9. The number of ether oxygens (including phenoxy) is 1. The molecule has 1 aromatic carbocycles. The summed E-state index contributed by atoms with van der Waals surface area (Å²) >= 11 is 0. The van der Waals surface area contributed by atoms with Gasteiger partial charge < -0.3 is 10.1 Å². The Labute approximate surface area is 123 Å². The van der Waals surface area contributed by atoms with Crippen LogP contribution in [0.25, 0.3) is 0 Å². The Morgan fingerprint density at radius 3 is 3.00 bits per heavy atom. The fourth-order valence-corrected chi connectivity index (χ4v) is 2.45. The fourth-order valence-electron chi connectivity index (χ4n) is 2.45. The van der Waals surface area contributed by atoms with Crippen molar-refractivity contribution in [3.05, 3.63) is 48.3 Å². The van der Waals surface area contributed by atoms with Crippen LogP contribution in [0, 0.1) is 0 Å². The van der Waals surface area contributed by atoms with E-state index in [0.717, 1.165) is 31.5 Å². The molecule has 1 amide bonds.